The van der Waals surface area contributed by atoms with Crippen LogP contribution in [0.5, 0.6) is 0 Å². The predicted molar refractivity (Wildman–Crippen MR) is 73.6 cm³/mol. The number of hydrogen-bond acceptors (Lipinski definition) is 2. The molecule has 0 aliphatic carbocycles. The van der Waals surface area contributed by atoms with E-state index in [4.69, 9.17) is 0 Å². The molecule has 0 radical (unpaired) electrons. The summed E-state index contributed by atoms with van der Waals surface area (Å²) in [4.78, 5) is 4.82. The van der Waals surface area contributed by atoms with Crippen molar-refractivity contribution in [1.29, 1.82) is 0 Å². The van der Waals surface area contributed by atoms with E-state index in [9.17, 15) is 0 Å². The summed E-state index contributed by atoms with van der Waals surface area (Å²) in [6.45, 7) is 13.1. The third-order valence-corrected chi connectivity index (χ3v) is 3.09. The molecule has 0 fully saturated rings. The van der Waals surface area contributed by atoms with Gasteiger partial charge < -0.3 is 9.80 Å². The number of benzene rings is 1. The zero-order valence-corrected chi connectivity index (χ0v) is 11.0. The predicted octanol–water partition coefficient (Wildman–Crippen LogP) is 3.38. The highest BCUT2D eigenvalue weighted by molar-refractivity contribution is 5.71. The maximum atomic E-state index is 2.41. The average molecular weight is 220 g/mol. The van der Waals surface area contributed by atoms with Gasteiger partial charge in [0.1, 0.15) is 0 Å². The number of anilines is 2. The Morgan fingerprint density at radius 3 is 1.25 bits per heavy atom. The Morgan fingerprint density at radius 2 is 1.00 bits per heavy atom. The Bertz CT molecular complexity index is 270. The van der Waals surface area contributed by atoms with Gasteiger partial charge in [-0.1, -0.05) is 12.1 Å². The van der Waals surface area contributed by atoms with Crippen LogP contribution < -0.4 is 9.80 Å². The second kappa shape index (κ2) is 6.41. The van der Waals surface area contributed by atoms with Crippen LogP contribution in [0.4, 0.5) is 11.4 Å². The number of rotatable bonds is 6. The van der Waals surface area contributed by atoms with Crippen molar-refractivity contribution >= 4 is 11.4 Å². The second-order valence-corrected chi connectivity index (χ2v) is 3.83. The van der Waals surface area contributed by atoms with Gasteiger partial charge in [0.15, 0.2) is 0 Å². The second-order valence-electron chi connectivity index (χ2n) is 3.83. The lowest BCUT2D eigenvalue weighted by Crippen LogP contribution is -2.28. The molecular formula is C14H24N2. The maximum Gasteiger partial charge on any atom is 0.0603 e. The van der Waals surface area contributed by atoms with E-state index in [2.05, 4.69) is 61.8 Å². The van der Waals surface area contributed by atoms with Crippen LogP contribution in [0.15, 0.2) is 24.3 Å². The van der Waals surface area contributed by atoms with Crippen molar-refractivity contribution in [1.82, 2.24) is 0 Å². The molecule has 0 aliphatic heterocycles. The van der Waals surface area contributed by atoms with Crippen LogP contribution >= 0.6 is 0 Å². The van der Waals surface area contributed by atoms with E-state index in [-0.39, 0.29) is 0 Å². The van der Waals surface area contributed by atoms with Crippen LogP contribution in [0.1, 0.15) is 27.7 Å². The van der Waals surface area contributed by atoms with Crippen molar-refractivity contribution < 1.29 is 0 Å². The van der Waals surface area contributed by atoms with Gasteiger partial charge in [-0.25, -0.2) is 0 Å². The van der Waals surface area contributed by atoms with Crippen molar-refractivity contribution in [3.8, 4) is 0 Å². The number of para-hydroxylation sites is 2. The molecule has 1 rings (SSSR count). The van der Waals surface area contributed by atoms with Crippen LogP contribution in [0.2, 0.25) is 0 Å². The molecule has 0 saturated carbocycles. The van der Waals surface area contributed by atoms with Gasteiger partial charge in [-0.15, -0.1) is 0 Å². The Balaban J connectivity index is 3.07. The quantitative estimate of drug-likeness (QED) is 0.725. The molecule has 0 atom stereocenters. The van der Waals surface area contributed by atoms with E-state index in [1.165, 1.54) is 11.4 Å². The van der Waals surface area contributed by atoms with E-state index < -0.39 is 0 Å². The summed E-state index contributed by atoms with van der Waals surface area (Å²) < 4.78 is 0. The van der Waals surface area contributed by atoms with Crippen LogP contribution in [0.3, 0.4) is 0 Å². The van der Waals surface area contributed by atoms with E-state index in [0.717, 1.165) is 26.2 Å². The molecule has 1 aromatic carbocycles. The van der Waals surface area contributed by atoms with Gasteiger partial charge in [0, 0.05) is 26.2 Å². The van der Waals surface area contributed by atoms with E-state index in [1.54, 1.807) is 0 Å². The number of nitrogens with zero attached hydrogens (tertiary/aromatic N) is 2. The van der Waals surface area contributed by atoms with E-state index in [0.29, 0.717) is 0 Å². The summed E-state index contributed by atoms with van der Waals surface area (Å²) in [5.41, 5.74) is 2.72. The van der Waals surface area contributed by atoms with Crippen LogP contribution in [-0.4, -0.2) is 26.2 Å². The minimum Gasteiger partial charge on any atom is -0.370 e. The molecule has 0 N–H and O–H groups in total. The zero-order valence-electron chi connectivity index (χ0n) is 11.0. The molecule has 0 heterocycles. The monoisotopic (exact) mass is 220 g/mol. The molecule has 0 amide bonds. The summed E-state index contributed by atoms with van der Waals surface area (Å²) >= 11 is 0. The fraction of sp³-hybridized carbons (Fsp3) is 0.571. The van der Waals surface area contributed by atoms with Gasteiger partial charge in [0.05, 0.1) is 11.4 Å². The SMILES string of the molecule is CCN(CC)c1ccccc1N(CC)CC. The van der Waals surface area contributed by atoms with Gasteiger partial charge in [0.25, 0.3) is 0 Å². The standard InChI is InChI=1S/C14H24N2/c1-5-15(6-2)13-11-9-10-12-14(13)16(7-3)8-4/h9-12H,5-8H2,1-4H3. The van der Waals surface area contributed by atoms with Gasteiger partial charge in [-0.05, 0) is 39.8 Å². The molecule has 0 spiro atoms. The molecule has 0 aliphatic rings. The van der Waals surface area contributed by atoms with E-state index >= 15 is 0 Å². The summed E-state index contributed by atoms with van der Waals surface area (Å²) in [6.07, 6.45) is 0. The number of hydrogen-bond donors (Lipinski definition) is 0. The van der Waals surface area contributed by atoms with E-state index in [1.807, 2.05) is 0 Å². The van der Waals surface area contributed by atoms with Crippen LogP contribution in [0.25, 0.3) is 0 Å². The van der Waals surface area contributed by atoms with Crippen molar-refractivity contribution in [2.75, 3.05) is 36.0 Å². The van der Waals surface area contributed by atoms with Gasteiger partial charge in [0.2, 0.25) is 0 Å². The van der Waals surface area contributed by atoms with Gasteiger partial charge in [-0.2, -0.15) is 0 Å². The Hall–Kier alpha value is -1.18. The van der Waals surface area contributed by atoms with Gasteiger partial charge in [-0.3, -0.25) is 0 Å². The lowest BCUT2D eigenvalue weighted by atomic mass is 10.2. The Morgan fingerprint density at radius 1 is 0.688 bits per heavy atom. The summed E-state index contributed by atoms with van der Waals surface area (Å²) in [5.74, 6) is 0. The third-order valence-electron chi connectivity index (χ3n) is 3.09. The fourth-order valence-electron chi connectivity index (χ4n) is 2.13. The average Bonchev–Trinajstić information content (AvgIpc) is 2.34. The molecule has 1 aromatic rings. The molecule has 90 valence electrons. The first-order chi connectivity index (χ1) is 7.78. The lowest BCUT2D eigenvalue weighted by molar-refractivity contribution is 0.833. The minimum absolute atomic E-state index is 1.06. The summed E-state index contributed by atoms with van der Waals surface area (Å²) in [5, 5.41) is 0. The molecule has 0 saturated heterocycles. The third kappa shape index (κ3) is 2.69. The largest absolute Gasteiger partial charge is 0.370 e. The molecule has 0 aromatic heterocycles. The van der Waals surface area contributed by atoms with Crippen molar-refractivity contribution in [3.05, 3.63) is 24.3 Å². The van der Waals surface area contributed by atoms with Gasteiger partial charge >= 0.3 is 0 Å². The molecule has 16 heavy (non-hydrogen) atoms. The van der Waals surface area contributed by atoms with Crippen molar-refractivity contribution in [2.24, 2.45) is 0 Å². The highest BCUT2D eigenvalue weighted by Crippen LogP contribution is 2.28. The lowest BCUT2D eigenvalue weighted by Gasteiger charge is -2.30. The molecular weight excluding hydrogens is 196 g/mol. The first-order valence-electron chi connectivity index (χ1n) is 6.37. The maximum absolute atomic E-state index is 2.41. The normalized spacial score (nSPS) is 10.2. The highest BCUT2D eigenvalue weighted by atomic mass is 15.2. The zero-order chi connectivity index (χ0) is 12.0. The molecule has 0 bridgehead atoms. The molecule has 2 nitrogen and oxygen atoms in total. The van der Waals surface area contributed by atoms with Crippen LogP contribution in [-0.2, 0) is 0 Å². The van der Waals surface area contributed by atoms with Crippen LogP contribution in [0, 0.1) is 0 Å². The Labute approximate surface area is 99.9 Å². The smallest absolute Gasteiger partial charge is 0.0603 e. The molecule has 0 unspecified atom stereocenters. The first kappa shape index (κ1) is 12.9. The topological polar surface area (TPSA) is 6.48 Å². The fourth-order valence-corrected chi connectivity index (χ4v) is 2.13. The molecule has 2 heteroatoms. The Kier molecular flexibility index (Phi) is 5.17. The first-order valence-corrected chi connectivity index (χ1v) is 6.37. The summed E-state index contributed by atoms with van der Waals surface area (Å²) in [7, 11) is 0. The minimum atomic E-state index is 1.06. The summed E-state index contributed by atoms with van der Waals surface area (Å²) in [6, 6.07) is 8.70. The van der Waals surface area contributed by atoms with Crippen molar-refractivity contribution in [2.45, 2.75) is 27.7 Å². The highest BCUT2D eigenvalue weighted by Gasteiger charge is 2.11. The van der Waals surface area contributed by atoms with Crippen molar-refractivity contribution in [3.63, 3.8) is 0 Å².